The summed E-state index contributed by atoms with van der Waals surface area (Å²) in [6.45, 7) is 7.29. The van der Waals surface area contributed by atoms with E-state index in [2.05, 4.69) is 44.3 Å². The predicted octanol–water partition coefficient (Wildman–Crippen LogP) is 3.86. The summed E-state index contributed by atoms with van der Waals surface area (Å²) in [5.41, 5.74) is 6.40. The van der Waals surface area contributed by atoms with Gasteiger partial charge in [-0.1, -0.05) is 29.3 Å². The molecule has 1 aliphatic heterocycles. The van der Waals surface area contributed by atoms with Gasteiger partial charge in [0.2, 0.25) is 0 Å². The van der Waals surface area contributed by atoms with Crippen molar-refractivity contribution in [2.75, 3.05) is 11.9 Å². The van der Waals surface area contributed by atoms with Crippen molar-refractivity contribution in [1.29, 1.82) is 0 Å². The molecule has 0 saturated heterocycles. The topological polar surface area (TPSA) is 37.8 Å². The minimum atomic E-state index is 0.804. The number of nitrogens with one attached hydrogen (secondary N) is 1. The number of aromatic nitrogens is 2. The molecule has 0 atom stereocenters. The van der Waals surface area contributed by atoms with Crippen molar-refractivity contribution in [2.24, 2.45) is 0 Å². The Kier molecular flexibility index (Phi) is 4.15. The van der Waals surface area contributed by atoms with Gasteiger partial charge in [-0.3, -0.25) is 0 Å². The molecule has 1 N–H and O–H groups in total. The van der Waals surface area contributed by atoms with Crippen LogP contribution in [0.4, 0.5) is 5.82 Å². The highest BCUT2D eigenvalue weighted by Crippen LogP contribution is 2.33. The van der Waals surface area contributed by atoms with E-state index in [-0.39, 0.29) is 0 Å². The zero-order chi connectivity index (χ0) is 14.8. The van der Waals surface area contributed by atoms with Gasteiger partial charge in [-0.25, -0.2) is 9.97 Å². The van der Waals surface area contributed by atoms with E-state index in [0.29, 0.717) is 0 Å². The fourth-order valence-corrected chi connectivity index (χ4v) is 3.89. The fraction of sp³-hybridized carbons (Fsp3) is 0.412. The Morgan fingerprint density at radius 1 is 1.10 bits per heavy atom. The number of rotatable bonds is 4. The number of anilines is 1. The van der Waals surface area contributed by atoms with Crippen molar-refractivity contribution < 1.29 is 0 Å². The maximum atomic E-state index is 4.78. The summed E-state index contributed by atoms with van der Waals surface area (Å²) in [5.74, 6) is 4.00. The van der Waals surface area contributed by atoms with Gasteiger partial charge in [0.15, 0.2) is 0 Å². The number of thioether (sulfide) groups is 1. The van der Waals surface area contributed by atoms with Crippen LogP contribution < -0.4 is 5.32 Å². The summed E-state index contributed by atoms with van der Waals surface area (Å²) in [6, 6.07) is 6.66. The highest BCUT2D eigenvalue weighted by Gasteiger charge is 2.19. The van der Waals surface area contributed by atoms with Crippen LogP contribution in [0.2, 0.25) is 0 Å². The summed E-state index contributed by atoms with van der Waals surface area (Å²) in [4.78, 5) is 9.53. The molecule has 0 amide bonds. The van der Waals surface area contributed by atoms with Gasteiger partial charge in [0, 0.05) is 30.0 Å². The summed E-state index contributed by atoms with van der Waals surface area (Å²) in [6.07, 6.45) is 0.804. The molecule has 1 aromatic carbocycles. The van der Waals surface area contributed by atoms with E-state index in [0.717, 1.165) is 36.1 Å². The van der Waals surface area contributed by atoms with Crippen molar-refractivity contribution >= 4 is 17.6 Å². The molecule has 0 aliphatic carbocycles. The maximum absolute atomic E-state index is 4.78. The van der Waals surface area contributed by atoms with Crippen LogP contribution in [0.25, 0.3) is 0 Å². The van der Waals surface area contributed by atoms with Gasteiger partial charge in [0.05, 0.1) is 5.69 Å². The van der Waals surface area contributed by atoms with Crippen molar-refractivity contribution in [3.8, 4) is 0 Å². The van der Waals surface area contributed by atoms with E-state index in [1.165, 1.54) is 27.9 Å². The maximum Gasteiger partial charge on any atom is 0.135 e. The van der Waals surface area contributed by atoms with Gasteiger partial charge in [-0.05, 0) is 26.3 Å². The summed E-state index contributed by atoms with van der Waals surface area (Å²) in [7, 11) is 0. The first kappa shape index (κ1) is 14.4. The number of fused-ring (bicyclic) bond motifs is 1. The van der Waals surface area contributed by atoms with Crippen LogP contribution in [0.3, 0.4) is 0 Å². The summed E-state index contributed by atoms with van der Waals surface area (Å²) in [5, 5.41) is 3.39. The van der Waals surface area contributed by atoms with Crippen molar-refractivity contribution in [3.63, 3.8) is 0 Å². The van der Waals surface area contributed by atoms with Crippen molar-refractivity contribution in [1.82, 2.24) is 9.97 Å². The third-order valence-electron chi connectivity index (χ3n) is 3.61. The quantitative estimate of drug-likeness (QED) is 0.930. The highest BCUT2D eigenvalue weighted by atomic mass is 32.2. The molecular weight excluding hydrogens is 278 g/mol. The average molecular weight is 299 g/mol. The molecule has 110 valence electrons. The first-order chi connectivity index (χ1) is 10.2. The van der Waals surface area contributed by atoms with Gasteiger partial charge < -0.3 is 5.32 Å². The Hall–Kier alpha value is -1.55. The number of aryl methyl sites for hydroxylation is 2. The van der Waals surface area contributed by atoms with Crippen molar-refractivity contribution in [3.05, 3.63) is 52.0 Å². The van der Waals surface area contributed by atoms with E-state index in [4.69, 9.17) is 9.97 Å². The minimum Gasteiger partial charge on any atom is -0.370 e. The fourth-order valence-electron chi connectivity index (χ4n) is 2.85. The Morgan fingerprint density at radius 3 is 2.57 bits per heavy atom. The van der Waals surface area contributed by atoms with Crippen LogP contribution in [-0.2, 0) is 17.9 Å². The third kappa shape index (κ3) is 3.21. The zero-order valence-electron chi connectivity index (χ0n) is 12.9. The molecule has 1 aromatic heterocycles. The Labute approximate surface area is 130 Å². The Morgan fingerprint density at radius 2 is 1.86 bits per heavy atom. The molecule has 0 saturated carbocycles. The van der Waals surface area contributed by atoms with Crippen LogP contribution in [0.5, 0.6) is 0 Å². The molecule has 2 heterocycles. The van der Waals surface area contributed by atoms with Crippen LogP contribution in [0, 0.1) is 13.8 Å². The van der Waals surface area contributed by atoms with E-state index >= 15 is 0 Å². The van der Waals surface area contributed by atoms with Crippen molar-refractivity contribution in [2.45, 2.75) is 38.7 Å². The molecule has 21 heavy (non-hydrogen) atoms. The lowest BCUT2D eigenvalue weighted by atomic mass is 10.0. The van der Waals surface area contributed by atoms with Crippen LogP contribution in [-0.4, -0.2) is 16.5 Å². The minimum absolute atomic E-state index is 0.804. The average Bonchev–Trinajstić information content (AvgIpc) is 2.86. The number of benzene rings is 1. The number of hydrogen-bond donors (Lipinski definition) is 1. The monoisotopic (exact) mass is 299 g/mol. The second kappa shape index (κ2) is 6.06. The van der Waals surface area contributed by atoms with Crippen LogP contribution >= 0.6 is 11.8 Å². The lowest BCUT2D eigenvalue weighted by Crippen LogP contribution is -2.09. The van der Waals surface area contributed by atoms with Gasteiger partial charge in [-0.2, -0.15) is 11.8 Å². The normalized spacial score (nSPS) is 13.3. The lowest BCUT2D eigenvalue weighted by Gasteiger charge is -2.11. The molecular formula is C17H21N3S. The molecule has 2 aromatic rings. The second-order valence-electron chi connectivity index (χ2n) is 5.61. The van der Waals surface area contributed by atoms with Crippen LogP contribution in [0.1, 0.15) is 40.7 Å². The standard InChI is InChI=1S/C17H21N3S/c1-4-18-17-14-9-21-10-15(14)19-16(20-17)8-13-6-11(2)5-12(3)7-13/h5-7H,4,8-10H2,1-3H3,(H,18,19,20). The van der Waals surface area contributed by atoms with Gasteiger partial charge in [0.1, 0.15) is 11.6 Å². The molecule has 0 bridgehead atoms. The molecule has 4 heteroatoms. The first-order valence-corrected chi connectivity index (χ1v) is 8.58. The van der Waals surface area contributed by atoms with E-state index in [9.17, 15) is 0 Å². The zero-order valence-corrected chi connectivity index (χ0v) is 13.7. The number of nitrogens with zero attached hydrogens (tertiary/aromatic N) is 2. The second-order valence-corrected chi connectivity index (χ2v) is 6.60. The van der Waals surface area contributed by atoms with Crippen LogP contribution in [0.15, 0.2) is 18.2 Å². The molecule has 1 aliphatic rings. The van der Waals surface area contributed by atoms with E-state index in [1.54, 1.807) is 0 Å². The number of hydrogen-bond acceptors (Lipinski definition) is 4. The van der Waals surface area contributed by atoms with Gasteiger partial charge >= 0.3 is 0 Å². The predicted molar refractivity (Wildman–Crippen MR) is 89.9 cm³/mol. The highest BCUT2D eigenvalue weighted by molar-refractivity contribution is 7.98. The molecule has 0 fully saturated rings. The lowest BCUT2D eigenvalue weighted by molar-refractivity contribution is 0.922. The first-order valence-electron chi connectivity index (χ1n) is 7.43. The Balaban J connectivity index is 1.93. The molecule has 3 rings (SSSR count). The summed E-state index contributed by atoms with van der Waals surface area (Å²) < 4.78 is 0. The molecule has 0 radical (unpaired) electrons. The molecule has 3 nitrogen and oxygen atoms in total. The third-order valence-corrected chi connectivity index (χ3v) is 4.58. The SMILES string of the molecule is CCNc1nc(Cc2cc(C)cc(C)c2)nc2c1CSC2. The molecule has 0 spiro atoms. The largest absolute Gasteiger partial charge is 0.370 e. The van der Waals surface area contributed by atoms with Gasteiger partial charge in [0.25, 0.3) is 0 Å². The Bertz CT molecular complexity index is 647. The van der Waals surface area contributed by atoms with Gasteiger partial charge in [-0.15, -0.1) is 0 Å². The van der Waals surface area contributed by atoms with E-state index in [1.807, 2.05) is 11.8 Å². The molecule has 0 unspecified atom stereocenters. The summed E-state index contributed by atoms with van der Waals surface area (Å²) >= 11 is 1.92. The smallest absolute Gasteiger partial charge is 0.135 e. The van der Waals surface area contributed by atoms with E-state index < -0.39 is 0 Å².